The van der Waals surface area contributed by atoms with Gasteiger partial charge in [-0.15, -0.1) is 0 Å². The summed E-state index contributed by atoms with van der Waals surface area (Å²) in [5.74, 6) is -0.461. The van der Waals surface area contributed by atoms with Gasteiger partial charge in [-0.3, -0.25) is 20.1 Å². The molecule has 0 aromatic heterocycles. The van der Waals surface area contributed by atoms with Gasteiger partial charge in [0.05, 0.1) is 0 Å². The Balaban J connectivity index is 2.22. The van der Waals surface area contributed by atoms with Crippen molar-refractivity contribution in [3.8, 4) is 5.75 Å². The van der Waals surface area contributed by atoms with Crippen LogP contribution in [0.2, 0.25) is 0 Å². The monoisotopic (exact) mass is 603 g/mol. The lowest BCUT2D eigenvalue weighted by Gasteiger charge is -2.25. The Kier molecular flexibility index (Phi) is 15.5. The molecule has 0 fully saturated rings. The van der Waals surface area contributed by atoms with Crippen molar-refractivity contribution < 1.29 is 44.1 Å². The van der Waals surface area contributed by atoms with Crippen molar-refractivity contribution in [3.63, 3.8) is 0 Å². The minimum Gasteiger partial charge on any atom is -0.485 e. The van der Waals surface area contributed by atoms with Crippen molar-refractivity contribution in [2.24, 2.45) is 0 Å². The zero-order valence-corrected chi connectivity index (χ0v) is 25.3. The SMILES string of the molecule is CCCCCNC(=O)C(Cc1ccc(OC(COO)COO)cc1)NC(=O)C(Cc1ccccc1)NC(=O)OC(C)(C)C. The molecular formula is C31H45N3O9. The molecule has 0 saturated heterocycles. The summed E-state index contributed by atoms with van der Waals surface area (Å²) in [6.45, 7) is 7.28. The van der Waals surface area contributed by atoms with Crippen LogP contribution in [0.5, 0.6) is 5.75 Å². The minimum atomic E-state index is -0.997. The molecule has 3 amide bonds. The normalized spacial score (nSPS) is 12.7. The van der Waals surface area contributed by atoms with E-state index in [2.05, 4.69) is 32.6 Å². The number of rotatable bonds is 18. The maximum atomic E-state index is 13.6. The van der Waals surface area contributed by atoms with Crippen LogP contribution in [-0.2, 0) is 36.9 Å². The molecule has 2 aromatic rings. The average Bonchev–Trinajstić information content (AvgIpc) is 2.95. The number of hydrogen-bond donors (Lipinski definition) is 5. The molecule has 0 aliphatic rings. The van der Waals surface area contributed by atoms with E-state index in [1.54, 1.807) is 45.0 Å². The molecule has 43 heavy (non-hydrogen) atoms. The molecule has 0 aliphatic carbocycles. The van der Waals surface area contributed by atoms with Crippen LogP contribution in [0, 0.1) is 0 Å². The second kappa shape index (κ2) is 18.7. The maximum absolute atomic E-state index is 13.6. The first-order chi connectivity index (χ1) is 20.5. The van der Waals surface area contributed by atoms with Gasteiger partial charge in [-0.25, -0.2) is 14.6 Å². The van der Waals surface area contributed by atoms with Crippen molar-refractivity contribution in [2.75, 3.05) is 19.8 Å². The van der Waals surface area contributed by atoms with E-state index in [0.29, 0.717) is 12.3 Å². The van der Waals surface area contributed by atoms with E-state index >= 15 is 0 Å². The Morgan fingerprint density at radius 3 is 1.93 bits per heavy atom. The van der Waals surface area contributed by atoms with E-state index in [-0.39, 0.29) is 32.0 Å². The van der Waals surface area contributed by atoms with Gasteiger partial charge in [-0.1, -0.05) is 62.2 Å². The zero-order chi connectivity index (χ0) is 31.7. The van der Waals surface area contributed by atoms with Crippen LogP contribution in [0.4, 0.5) is 4.79 Å². The molecule has 12 nitrogen and oxygen atoms in total. The fourth-order valence-corrected chi connectivity index (χ4v) is 4.11. The molecule has 2 aromatic carbocycles. The molecule has 0 aliphatic heterocycles. The quantitative estimate of drug-likeness (QED) is 0.0966. The molecule has 2 rings (SSSR count). The number of alkyl carbamates (subject to hydrolysis) is 1. The van der Waals surface area contributed by atoms with Crippen molar-refractivity contribution >= 4 is 17.9 Å². The van der Waals surface area contributed by atoms with E-state index < -0.39 is 35.8 Å². The van der Waals surface area contributed by atoms with Gasteiger partial charge >= 0.3 is 6.09 Å². The number of carbonyl (C=O) groups is 3. The van der Waals surface area contributed by atoms with Gasteiger partial charge in [-0.2, -0.15) is 0 Å². The number of amides is 3. The van der Waals surface area contributed by atoms with Gasteiger partial charge in [0, 0.05) is 19.4 Å². The van der Waals surface area contributed by atoms with E-state index in [0.717, 1.165) is 30.4 Å². The second-order valence-electron chi connectivity index (χ2n) is 11.1. The van der Waals surface area contributed by atoms with Crippen LogP contribution in [0.25, 0.3) is 0 Å². The number of nitrogens with one attached hydrogen (secondary N) is 3. The second-order valence-corrected chi connectivity index (χ2v) is 11.1. The fourth-order valence-electron chi connectivity index (χ4n) is 4.11. The Labute approximate surface area is 252 Å². The largest absolute Gasteiger partial charge is 0.485 e. The highest BCUT2D eigenvalue weighted by Gasteiger charge is 2.29. The van der Waals surface area contributed by atoms with E-state index in [1.165, 1.54) is 0 Å². The van der Waals surface area contributed by atoms with Crippen molar-refractivity contribution in [3.05, 3.63) is 65.7 Å². The van der Waals surface area contributed by atoms with Gasteiger partial charge in [0.2, 0.25) is 11.8 Å². The first-order valence-corrected chi connectivity index (χ1v) is 14.4. The lowest BCUT2D eigenvalue weighted by Crippen LogP contribution is -2.55. The molecule has 0 heterocycles. The molecule has 2 unspecified atom stereocenters. The van der Waals surface area contributed by atoms with Gasteiger partial charge in [0.1, 0.15) is 36.6 Å². The summed E-state index contributed by atoms with van der Waals surface area (Å²) in [5.41, 5.74) is 0.797. The van der Waals surface area contributed by atoms with Gasteiger partial charge in [0.25, 0.3) is 0 Å². The first kappa shape index (κ1) is 35.5. The highest BCUT2D eigenvalue weighted by molar-refractivity contribution is 5.91. The molecule has 5 N–H and O–H groups in total. The van der Waals surface area contributed by atoms with Crippen molar-refractivity contribution in [1.29, 1.82) is 0 Å². The van der Waals surface area contributed by atoms with Crippen LogP contribution < -0.4 is 20.7 Å². The lowest BCUT2D eigenvalue weighted by molar-refractivity contribution is -0.286. The van der Waals surface area contributed by atoms with E-state index in [9.17, 15) is 14.4 Å². The third-order valence-electron chi connectivity index (χ3n) is 6.19. The summed E-state index contributed by atoms with van der Waals surface area (Å²) in [6, 6.07) is 14.1. The van der Waals surface area contributed by atoms with Gasteiger partial charge < -0.3 is 25.4 Å². The molecule has 238 valence electrons. The molecule has 12 heteroatoms. The summed E-state index contributed by atoms with van der Waals surface area (Å²) in [7, 11) is 0. The summed E-state index contributed by atoms with van der Waals surface area (Å²) in [4.78, 5) is 47.6. The smallest absolute Gasteiger partial charge is 0.408 e. The Bertz CT molecular complexity index is 1100. The van der Waals surface area contributed by atoms with Crippen LogP contribution in [-0.4, -0.2) is 72.0 Å². The Morgan fingerprint density at radius 1 is 0.791 bits per heavy atom. The van der Waals surface area contributed by atoms with Crippen LogP contribution >= 0.6 is 0 Å². The minimum absolute atomic E-state index is 0.166. The average molecular weight is 604 g/mol. The fraction of sp³-hybridized carbons (Fsp3) is 0.516. The predicted molar refractivity (Wildman–Crippen MR) is 159 cm³/mol. The number of ether oxygens (including phenoxy) is 2. The molecular weight excluding hydrogens is 558 g/mol. The maximum Gasteiger partial charge on any atom is 0.408 e. The standard InChI is InChI=1S/C31H45N3O9/c1-5-6-10-17-32-28(35)26(19-23-13-15-24(16-14-23)42-25(20-40-38)21-41-39)33-29(36)27(18-22-11-8-7-9-12-22)34-30(37)43-31(2,3)4/h7-9,11-16,25-27,38-39H,5-6,10,17-21H2,1-4H3,(H,32,35)(H,33,36)(H,34,37). The highest BCUT2D eigenvalue weighted by atomic mass is 17.1. The number of carbonyl (C=O) groups excluding carboxylic acids is 3. The highest BCUT2D eigenvalue weighted by Crippen LogP contribution is 2.16. The van der Waals surface area contributed by atoms with Crippen LogP contribution in [0.1, 0.15) is 58.1 Å². The lowest BCUT2D eigenvalue weighted by atomic mass is 10.0. The summed E-state index contributed by atoms with van der Waals surface area (Å²) in [6.07, 6.45) is 1.62. The Morgan fingerprint density at radius 2 is 1.37 bits per heavy atom. The van der Waals surface area contributed by atoms with Crippen molar-refractivity contribution in [2.45, 2.75) is 83.6 Å². The third kappa shape index (κ3) is 14.3. The number of hydrogen-bond acceptors (Lipinski definition) is 9. The summed E-state index contributed by atoms with van der Waals surface area (Å²) >= 11 is 0. The molecule has 0 radical (unpaired) electrons. The molecule has 2 atom stereocenters. The summed E-state index contributed by atoms with van der Waals surface area (Å²) < 4.78 is 11.0. The van der Waals surface area contributed by atoms with E-state index in [4.69, 9.17) is 20.0 Å². The van der Waals surface area contributed by atoms with E-state index in [1.807, 2.05) is 30.3 Å². The van der Waals surface area contributed by atoms with Gasteiger partial charge in [0.15, 0.2) is 6.10 Å². The first-order valence-electron chi connectivity index (χ1n) is 14.4. The predicted octanol–water partition coefficient (Wildman–Crippen LogP) is 3.88. The van der Waals surface area contributed by atoms with Crippen molar-refractivity contribution in [1.82, 2.24) is 16.0 Å². The molecule has 0 spiro atoms. The number of unbranched alkanes of at least 4 members (excludes halogenated alkanes) is 2. The molecule has 0 saturated carbocycles. The van der Waals surface area contributed by atoms with Crippen LogP contribution in [0.3, 0.4) is 0 Å². The topological polar surface area (TPSA) is 165 Å². The summed E-state index contributed by atoms with van der Waals surface area (Å²) in [5, 5.41) is 25.8. The van der Waals surface area contributed by atoms with Gasteiger partial charge in [-0.05, 0) is 50.5 Å². The third-order valence-corrected chi connectivity index (χ3v) is 6.19. The Hall–Kier alpha value is -3.71. The van der Waals surface area contributed by atoms with Crippen LogP contribution in [0.15, 0.2) is 54.6 Å². The number of benzene rings is 2. The zero-order valence-electron chi connectivity index (χ0n) is 25.3. The molecule has 0 bridgehead atoms.